The standard InChI is InChI=1S/C16H33NOS/c1-3-5-6-7-8-9-10-11-12-13-14-15-16(18)17-19-4-2/h3-15H2,1-2H3,(H,17,18). The van der Waals surface area contributed by atoms with Gasteiger partial charge in [0.1, 0.15) is 0 Å². The average molecular weight is 288 g/mol. The number of hydrogen-bond donors (Lipinski definition) is 1. The molecule has 0 aromatic carbocycles. The zero-order chi connectivity index (χ0) is 14.2. The molecule has 0 atom stereocenters. The van der Waals surface area contributed by atoms with Crippen molar-refractivity contribution in [3.05, 3.63) is 0 Å². The van der Waals surface area contributed by atoms with Crippen molar-refractivity contribution in [3.63, 3.8) is 0 Å². The fourth-order valence-electron chi connectivity index (χ4n) is 2.15. The van der Waals surface area contributed by atoms with Crippen molar-refractivity contribution < 1.29 is 4.79 Å². The molecule has 114 valence electrons. The molecule has 0 fully saturated rings. The summed E-state index contributed by atoms with van der Waals surface area (Å²) in [6, 6.07) is 0. The molecule has 0 radical (unpaired) electrons. The van der Waals surface area contributed by atoms with Gasteiger partial charge in [-0.05, 0) is 6.42 Å². The summed E-state index contributed by atoms with van der Waals surface area (Å²) < 4.78 is 2.85. The van der Waals surface area contributed by atoms with E-state index in [1.54, 1.807) is 0 Å². The van der Waals surface area contributed by atoms with Gasteiger partial charge in [-0.25, -0.2) is 0 Å². The first-order valence-corrected chi connectivity index (χ1v) is 9.20. The van der Waals surface area contributed by atoms with Crippen molar-refractivity contribution in [2.75, 3.05) is 5.75 Å². The summed E-state index contributed by atoms with van der Waals surface area (Å²) in [6.07, 6.45) is 15.4. The quantitative estimate of drug-likeness (QED) is 0.339. The van der Waals surface area contributed by atoms with E-state index < -0.39 is 0 Å². The van der Waals surface area contributed by atoms with E-state index in [2.05, 4.69) is 11.6 Å². The lowest BCUT2D eigenvalue weighted by atomic mass is 10.1. The Bertz CT molecular complexity index is 197. The Hall–Kier alpha value is -0.180. The van der Waals surface area contributed by atoms with Crippen LogP contribution in [0.1, 0.15) is 90.9 Å². The largest absolute Gasteiger partial charge is 0.300 e. The highest BCUT2D eigenvalue weighted by Crippen LogP contribution is 2.11. The molecule has 0 aliphatic carbocycles. The predicted octanol–water partition coefficient (Wildman–Crippen LogP) is 5.47. The number of nitrogens with one attached hydrogen (secondary N) is 1. The topological polar surface area (TPSA) is 29.1 Å². The summed E-state index contributed by atoms with van der Waals surface area (Å²) in [7, 11) is 0. The fourth-order valence-corrected chi connectivity index (χ4v) is 2.56. The average Bonchev–Trinajstić information content (AvgIpc) is 2.42. The molecule has 0 aromatic heterocycles. The summed E-state index contributed by atoms with van der Waals surface area (Å²) in [6.45, 7) is 4.31. The molecule has 1 amide bonds. The maximum atomic E-state index is 11.3. The second kappa shape index (κ2) is 15.9. The van der Waals surface area contributed by atoms with Crippen molar-refractivity contribution in [1.82, 2.24) is 4.72 Å². The van der Waals surface area contributed by atoms with Crippen molar-refractivity contribution in [3.8, 4) is 0 Å². The van der Waals surface area contributed by atoms with Crippen LogP contribution in [0.2, 0.25) is 0 Å². The molecule has 1 N–H and O–H groups in total. The van der Waals surface area contributed by atoms with Crippen LogP contribution in [0.3, 0.4) is 0 Å². The van der Waals surface area contributed by atoms with Crippen LogP contribution in [0, 0.1) is 0 Å². The first-order chi connectivity index (χ1) is 9.31. The van der Waals surface area contributed by atoms with E-state index in [0.717, 1.165) is 12.2 Å². The highest BCUT2D eigenvalue weighted by Gasteiger charge is 1.99. The Kier molecular flexibility index (Phi) is 15.7. The van der Waals surface area contributed by atoms with Crippen LogP contribution >= 0.6 is 11.9 Å². The molecule has 0 aliphatic heterocycles. The Morgan fingerprint density at radius 3 is 1.74 bits per heavy atom. The van der Waals surface area contributed by atoms with Crippen molar-refractivity contribution in [2.45, 2.75) is 90.9 Å². The maximum Gasteiger partial charge on any atom is 0.229 e. The van der Waals surface area contributed by atoms with Gasteiger partial charge in [-0.2, -0.15) is 0 Å². The number of rotatable bonds is 14. The van der Waals surface area contributed by atoms with E-state index >= 15 is 0 Å². The maximum absolute atomic E-state index is 11.3. The zero-order valence-corrected chi connectivity index (χ0v) is 13.8. The molecule has 2 nitrogen and oxygen atoms in total. The number of carbonyl (C=O) groups is 1. The van der Waals surface area contributed by atoms with E-state index in [4.69, 9.17) is 0 Å². The van der Waals surface area contributed by atoms with Crippen LogP contribution in [0.5, 0.6) is 0 Å². The molecular weight excluding hydrogens is 254 g/mol. The lowest BCUT2D eigenvalue weighted by Gasteiger charge is -2.03. The van der Waals surface area contributed by atoms with Crippen LogP contribution in [0.4, 0.5) is 0 Å². The van der Waals surface area contributed by atoms with E-state index in [1.165, 1.54) is 76.2 Å². The van der Waals surface area contributed by atoms with Gasteiger partial charge in [0.2, 0.25) is 5.91 Å². The lowest BCUT2D eigenvalue weighted by Crippen LogP contribution is -2.15. The summed E-state index contributed by atoms with van der Waals surface area (Å²) in [4.78, 5) is 11.3. The van der Waals surface area contributed by atoms with Gasteiger partial charge in [0, 0.05) is 12.2 Å². The first-order valence-electron chi connectivity index (χ1n) is 8.21. The molecule has 0 heterocycles. The highest BCUT2D eigenvalue weighted by molar-refractivity contribution is 7.97. The first kappa shape index (κ1) is 18.8. The van der Waals surface area contributed by atoms with Gasteiger partial charge in [0.25, 0.3) is 0 Å². The Balaban J connectivity index is 3.04. The van der Waals surface area contributed by atoms with Gasteiger partial charge in [-0.15, -0.1) is 0 Å². The van der Waals surface area contributed by atoms with Crippen LogP contribution in [-0.2, 0) is 4.79 Å². The van der Waals surface area contributed by atoms with Crippen molar-refractivity contribution >= 4 is 17.9 Å². The fraction of sp³-hybridized carbons (Fsp3) is 0.938. The number of unbranched alkanes of at least 4 members (excludes halogenated alkanes) is 10. The predicted molar refractivity (Wildman–Crippen MR) is 87.4 cm³/mol. The minimum atomic E-state index is 0.197. The third-order valence-electron chi connectivity index (χ3n) is 3.34. The normalized spacial score (nSPS) is 10.6. The zero-order valence-electron chi connectivity index (χ0n) is 13.0. The molecule has 0 bridgehead atoms. The number of hydrogen-bond acceptors (Lipinski definition) is 2. The third kappa shape index (κ3) is 15.8. The molecule has 3 heteroatoms. The summed E-state index contributed by atoms with van der Waals surface area (Å²) >= 11 is 1.50. The molecule has 0 aromatic rings. The van der Waals surface area contributed by atoms with Gasteiger partial charge in [-0.1, -0.05) is 90.0 Å². The van der Waals surface area contributed by atoms with Gasteiger partial charge in [-0.3, -0.25) is 4.79 Å². The van der Waals surface area contributed by atoms with Gasteiger partial charge < -0.3 is 4.72 Å². The second-order valence-electron chi connectivity index (χ2n) is 5.24. The van der Waals surface area contributed by atoms with Crippen LogP contribution in [0.15, 0.2) is 0 Å². The minimum Gasteiger partial charge on any atom is -0.300 e. The van der Waals surface area contributed by atoms with Crippen molar-refractivity contribution in [1.29, 1.82) is 0 Å². The van der Waals surface area contributed by atoms with E-state index in [0.29, 0.717) is 6.42 Å². The molecule has 0 saturated carbocycles. The van der Waals surface area contributed by atoms with E-state index in [-0.39, 0.29) is 5.91 Å². The minimum absolute atomic E-state index is 0.197. The molecule has 0 rings (SSSR count). The molecule has 0 aliphatic rings. The molecule has 0 unspecified atom stereocenters. The molecule has 19 heavy (non-hydrogen) atoms. The number of amides is 1. The Morgan fingerprint density at radius 2 is 1.26 bits per heavy atom. The van der Waals surface area contributed by atoms with E-state index in [1.807, 2.05) is 6.92 Å². The van der Waals surface area contributed by atoms with E-state index in [9.17, 15) is 4.79 Å². The summed E-state index contributed by atoms with van der Waals surface area (Å²) in [5.74, 6) is 1.15. The smallest absolute Gasteiger partial charge is 0.229 e. The molecular formula is C16H33NOS. The number of carbonyl (C=O) groups excluding carboxylic acids is 1. The Labute approximate surface area is 124 Å². The van der Waals surface area contributed by atoms with Crippen LogP contribution in [-0.4, -0.2) is 11.7 Å². The summed E-state index contributed by atoms with van der Waals surface area (Å²) in [5.41, 5.74) is 0. The van der Waals surface area contributed by atoms with Gasteiger partial charge in [0.15, 0.2) is 0 Å². The van der Waals surface area contributed by atoms with Gasteiger partial charge in [0.05, 0.1) is 0 Å². The van der Waals surface area contributed by atoms with Gasteiger partial charge >= 0.3 is 0 Å². The van der Waals surface area contributed by atoms with Crippen LogP contribution < -0.4 is 4.72 Å². The molecule has 0 saturated heterocycles. The summed E-state index contributed by atoms with van der Waals surface area (Å²) in [5, 5.41) is 0. The van der Waals surface area contributed by atoms with Crippen LogP contribution in [0.25, 0.3) is 0 Å². The SMILES string of the molecule is CCCCCCCCCCCCCC(=O)NSCC. The third-order valence-corrected chi connectivity index (χ3v) is 4.00. The monoisotopic (exact) mass is 287 g/mol. The second-order valence-corrected chi connectivity index (χ2v) is 6.31. The lowest BCUT2D eigenvalue weighted by molar-refractivity contribution is -0.119. The van der Waals surface area contributed by atoms with Crippen molar-refractivity contribution in [2.24, 2.45) is 0 Å². The molecule has 0 spiro atoms. The Morgan fingerprint density at radius 1 is 0.789 bits per heavy atom. The highest BCUT2D eigenvalue weighted by atomic mass is 32.2.